The molecule has 6 nitrogen and oxygen atoms in total. The van der Waals surface area contributed by atoms with Gasteiger partial charge in [-0.1, -0.05) is 18.5 Å². The van der Waals surface area contributed by atoms with Crippen LogP contribution in [-0.2, 0) is 4.79 Å². The number of rotatable bonds is 8. The SMILES string of the molecule is CCCNC(=O)CCNC(=O)c1cc(NCC)ncc1Cl. The Morgan fingerprint density at radius 3 is 2.67 bits per heavy atom. The number of hydrogen-bond donors (Lipinski definition) is 3. The van der Waals surface area contributed by atoms with Crippen molar-refractivity contribution < 1.29 is 9.59 Å². The summed E-state index contributed by atoms with van der Waals surface area (Å²) < 4.78 is 0. The van der Waals surface area contributed by atoms with Crippen molar-refractivity contribution >= 4 is 29.2 Å². The molecule has 0 aliphatic rings. The average molecular weight is 313 g/mol. The van der Waals surface area contributed by atoms with Gasteiger partial charge in [-0.05, 0) is 19.4 Å². The molecule has 0 saturated carbocycles. The normalized spacial score (nSPS) is 10.0. The molecular formula is C14H21ClN4O2. The van der Waals surface area contributed by atoms with Gasteiger partial charge in [-0.3, -0.25) is 9.59 Å². The fourth-order valence-electron chi connectivity index (χ4n) is 1.63. The van der Waals surface area contributed by atoms with Crippen molar-refractivity contribution in [1.82, 2.24) is 15.6 Å². The summed E-state index contributed by atoms with van der Waals surface area (Å²) >= 11 is 5.97. The van der Waals surface area contributed by atoms with Crippen LogP contribution in [0.25, 0.3) is 0 Å². The third-order valence-electron chi connectivity index (χ3n) is 2.67. The van der Waals surface area contributed by atoms with E-state index >= 15 is 0 Å². The van der Waals surface area contributed by atoms with Crippen molar-refractivity contribution in [2.45, 2.75) is 26.7 Å². The monoisotopic (exact) mass is 312 g/mol. The van der Waals surface area contributed by atoms with E-state index in [1.807, 2.05) is 13.8 Å². The number of halogens is 1. The van der Waals surface area contributed by atoms with Crippen LogP contribution in [0, 0.1) is 0 Å². The maximum atomic E-state index is 12.0. The van der Waals surface area contributed by atoms with E-state index in [0.717, 1.165) is 6.42 Å². The summed E-state index contributed by atoms with van der Waals surface area (Å²) in [6.45, 7) is 5.53. The first-order valence-corrected chi connectivity index (χ1v) is 7.40. The Balaban J connectivity index is 2.51. The van der Waals surface area contributed by atoms with Crippen LogP contribution in [0.2, 0.25) is 5.02 Å². The van der Waals surface area contributed by atoms with Crippen molar-refractivity contribution in [3.63, 3.8) is 0 Å². The number of carbonyl (C=O) groups excluding carboxylic acids is 2. The minimum absolute atomic E-state index is 0.0775. The lowest BCUT2D eigenvalue weighted by Gasteiger charge is -2.09. The van der Waals surface area contributed by atoms with Crippen molar-refractivity contribution in [3.8, 4) is 0 Å². The van der Waals surface area contributed by atoms with Crippen LogP contribution in [0.1, 0.15) is 37.0 Å². The first-order valence-electron chi connectivity index (χ1n) is 7.02. The van der Waals surface area contributed by atoms with Crippen LogP contribution < -0.4 is 16.0 Å². The summed E-state index contributed by atoms with van der Waals surface area (Å²) in [5, 5.41) is 8.72. The Hall–Kier alpha value is -1.82. The number of pyridine rings is 1. The molecule has 0 bridgehead atoms. The second kappa shape index (κ2) is 9.18. The molecule has 0 spiro atoms. The zero-order valence-corrected chi connectivity index (χ0v) is 13.1. The zero-order valence-electron chi connectivity index (χ0n) is 12.3. The number of nitrogens with one attached hydrogen (secondary N) is 3. The van der Waals surface area contributed by atoms with Crippen molar-refractivity contribution in [2.75, 3.05) is 25.0 Å². The summed E-state index contributed by atoms with van der Waals surface area (Å²) in [7, 11) is 0. The quantitative estimate of drug-likeness (QED) is 0.683. The molecule has 0 radical (unpaired) electrons. The molecule has 0 fully saturated rings. The molecule has 116 valence electrons. The van der Waals surface area contributed by atoms with Gasteiger partial charge in [0.15, 0.2) is 0 Å². The lowest BCUT2D eigenvalue weighted by molar-refractivity contribution is -0.120. The topological polar surface area (TPSA) is 83.1 Å². The van der Waals surface area contributed by atoms with E-state index in [1.54, 1.807) is 6.07 Å². The number of nitrogens with zero attached hydrogens (tertiary/aromatic N) is 1. The molecule has 0 aliphatic heterocycles. The molecule has 0 atom stereocenters. The molecule has 1 aromatic rings. The smallest absolute Gasteiger partial charge is 0.253 e. The van der Waals surface area contributed by atoms with Crippen LogP contribution in [0.15, 0.2) is 12.3 Å². The lowest BCUT2D eigenvalue weighted by Crippen LogP contribution is -2.31. The highest BCUT2D eigenvalue weighted by Crippen LogP contribution is 2.17. The molecule has 1 heterocycles. The first kappa shape index (κ1) is 17.2. The summed E-state index contributed by atoms with van der Waals surface area (Å²) in [6, 6.07) is 1.60. The number of carbonyl (C=O) groups is 2. The van der Waals surface area contributed by atoms with Gasteiger partial charge < -0.3 is 16.0 Å². The summed E-state index contributed by atoms with van der Waals surface area (Å²) in [4.78, 5) is 27.5. The summed E-state index contributed by atoms with van der Waals surface area (Å²) in [5.74, 6) is 0.198. The molecule has 7 heteroatoms. The van der Waals surface area contributed by atoms with E-state index in [4.69, 9.17) is 11.6 Å². The molecule has 21 heavy (non-hydrogen) atoms. The lowest BCUT2D eigenvalue weighted by atomic mass is 10.2. The van der Waals surface area contributed by atoms with Gasteiger partial charge in [0, 0.05) is 32.3 Å². The average Bonchev–Trinajstić information content (AvgIpc) is 2.47. The number of aromatic nitrogens is 1. The largest absolute Gasteiger partial charge is 0.370 e. The fraction of sp³-hybridized carbons (Fsp3) is 0.500. The number of amides is 2. The van der Waals surface area contributed by atoms with Gasteiger partial charge in [0.2, 0.25) is 5.91 Å². The number of anilines is 1. The van der Waals surface area contributed by atoms with Crippen LogP contribution in [-0.4, -0.2) is 36.4 Å². The predicted molar refractivity (Wildman–Crippen MR) is 83.7 cm³/mol. The Morgan fingerprint density at radius 2 is 2.00 bits per heavy atom. The maximum Gasteiger partial charge on any atom is 0.253 e. The first-order chi connectivity index (χ1) is 10.1. The summed E-state index contributed by atoms with van der Waals surface area (Å²) in [5.41, 5.74) is 0.344. The van der Waals surface area contributed by atoms with Gasteiger partial charge in [0.05, 0.1) is 10.6 Å². The highest BCUT2D eigenvalue weighted by Gasteiger charge is 2.12. The van der Waals surface area contributed by atoms with E-state index < -0.39 is 0 Å². The molecule has 0 unspecified atom stereocenters. The third-order valence-corrected chi connectivity index (χ3v) is 2.97. The minimum atomic E-state index is -0.315. The molecule has 3 N–H and O–H groups in total. The molecule has 0 aromatic carbocycles. The standard InChI is InChI=1S/C14H21ClN4O2/c1-3-6-17-13(20)5-7-18-14(21)10-8-12(16-4-2)19-9-11(10)15/h8-9H,3-7H2,1-2H3,(H,16,19)(H,17,20)(H,18,21). The van der Waals surface area contributed by atoms with Gasteiger partial charge in [0.1, 0.15) is 5.82 Å². The second-order valence-corrected chi connectivity index (χ2v) is 4.84. The third kappa shape index (κ3) is 5.99. The second-order valence-electron chi connectivity index (χ2n) is 4.44. The minimum Gasteiger partial charge on any atom is -0.370 e. The summed E-state index contributed by atoms with van der Waals surface area (Å²) in [6.07, 6.45) is 2.56. The molecule has 0 aliphatic carbocycles. The zero-order chi connectivity index (χ0) is 15.7. The molecule has 1 rings (SSSR count). The van der Waals surface area contributed by atoms with Crippen molar-refractivity contribution in [2.24, 2.45) is 0 Å². The van der Waals surface area contributed by atoms with Gasteiger partial charge in [-0.2, -0.15) is 0 Å². The molecule has 1 aromatic heterocycles. The van der Waals surface area contributed by atoms with Crippen LogP contribution in [0.5, 0.6) is 0 Å². The van der Waals surface area contributed by atoms with Crippen LogP contribution >= 0.6 is 11.6 Å². The highest BCUT2D eigenvalue weighted by atomic mass is 35.5. The molecular weight excluding hydrogens is 292 g/mol. The Morgan fingerprint density at radius 1 is 1.24 bits per heavy atom. The Bertz CT molecular complexity index is 494. The van der Waals surface area contributed by atoms with Crippen molar-refractivity contribution in [1.29, 1.82) is 0 Å². The molecule has 0 saturated heterocycles. The fourth-order valence-corrected chi connectivity index (χ4v) is 1.82. The predicted octanol–water partition coefficient (Wildman–Crippen LogP) is 1.81. The van der Waals surface area contributed by atoms with Crippen LogP contribution in [0.3, 0.4) is 0 Å². The maximum absolute atomic E-state index is 12.0. The van der Waals surface area contributed by atoms with Gasteiger partial charge in [-0.25, -0.2) is 4.98 Å². The highest BCUT2D eigenvalue weighted by molar-refractivity contribution is 6.33. The van der Waals surface area contributed by atoms with Gasteiger partial charge in [-0.15, -0.1) is 0 Å². The van der Waals surface area contributed by atoms with Gasteiger partial charge >= 0.3 is 0 Å². The van der Waals surface area contributed by atoms with E-state index in [2.05, 4.69) is 20.9 Å². The number of hydrogen-bond acceptors (Lipinski definition) is 4. The van der Waals surface area contributed by atoms with Gasteiger partial charge in [0.25, 0.3) is 5.91 Å². The Labute approximate surface area is 129 Å². The van der Waals surface area contributed by atoms with E-state index in [9.17, 15) is 9.59 Å². The van der Waals surface area contributed by atoms with E-state index in [1.165, 1.54) is 6.20 Å². The van der Waals surface area contributed by atoms with E-state index in [-0.39, 0.29) is 29.8 Å². The van der Waals surface area contributed by atoms with Crippen LogP contribution in [0.4, 0.5) is 5.82 Å². The van der Waals surface area contributed by atoms with Crippen molar-refractivity contribution in [3.05, 3.63) is 22.8 Å². The van der Waals surface area contributed by atoms with E-state index in [0.29, 0.717) is 24.5 Å². The molecule has 2 amide bonds. The Kier molecular flexibility index (Phi) is 7.53.